The Balaban J connectivity index is 2.07. The topological polar surface area (TPSA) is 57.0 Å². The molecule has 0 aliphatic heterocycles. The fourth-order valence-corrected chi connectivity index (χ4v) is 2.39. The lowest BCUT2D eigenvalue weighted by molar-refractivity contribution is 0.449. The maximum Gasteiger partial charge on any atom is 0.134 e. The van der Waals surface area contributed by atoms with Crippen LogP contribution in [0.3, 0.4) is 0 Å². The molecule has 0 radical (unpaired) electrons. The number of nitrogen functional groups attached to an aromatic ring is 1. The molecule has 1 atom stereocenters. The summed E-state index contributed by atoms with van der Waals surface area (Å²) in [6, 6.07) is 9.71. The van der Waals surface area contributed by atoms with Crippen molar-refractivity contribution in [2.45, 2.75) is 13.0 Å². The van der Waals surface area contributed by atoms with E-state index in [1.165, 1.54) is 0 Å². The SMILES string of the molecule is CC(c1cc2cc(Br)ccc2o1)n1nccc1N. The normalized spacial score (nSPS) is 13.0. The van der Waals surface area contributed by atoms with E-state index >= 15 is 0 Å². The van der Waals surface area contributed by atoms with E-state index in [9.17, 15) is 0 Å². The first-order chi connectivity index (χ1) is 8.65. The predicted octanol–water partition coefficient (Wildman–Crippen LogP) is 3.58. The van der Waals surface area contributed by atoms with Crippen LogP contribution in [0.5, 0.6) is 0 Å². The molecule has 0 bridgehead atoms. The zero-order valence-electron chi connectivity index (χ0n) is 9.80. The second-order valence-electron chi connectivity index (χ2n) is 4.21. The Kier molecular flexibility index (Phi) is 2.63. The molecule has 0 aliphatic carbocycles. The van der Waals surface area contributed by atoms with Crippen molar-refractivity contribution in [3.8, 4) is 0 Å². The fourth-order valence-electron chi connectivity index (χ4n) is 2.01. The molecule has 3 rings (SSSR count). The predicted molar refractivity (Wildman–Crippen MR) is 74.4 cm³/mol. The van der Waals surface area contributed by atoms with Crippen LogP contribution in [0.25, 0.3) is 11.0 Å². The first kappa shape index (κ1) is 11.3. The summed E-state index contributed by atoms with van der Waals surface area (Å²) >= 11 is 3.45. The second-order valence-corrected chi connectivity index (χ2v) is 5.12. The molecular formula is C13H12BrN3O. The number of nitrogens with two attached hydrogens (primary N) is 1. The molecule has 92 valence electrons. The minimum absolute atomic E-state index is 0.0221. The van der Waals surface area contributed by atoms with Gasteiger partial charge in [0.1, 0.15) is 23.2 Å². The molecule has 3 aromatic rings. The van der Waals surface area contributed by atoms with Crippen LogP contribution in [-0.2, 0) is 0 Å². The standard InChI is InChI=1S/C13H12BrN3O/c1-8(17-13(15)4-5-16-17)12-7-9-6-10(14)2-3-11(9)18-12/h2-8H,15H2,1H3. The summed E-state index contributed by atoms with van der Waals surface area (Å²) in [5, 5.41) is 5.27. The molecule has 0 aliphatic rings. The largest absolute Gasteiger partial charge is 0.459 e. The number of hydrogen-bond acceptors (Lipinski definition) is 3. The highest BCUT2D eigenvalue weighted by Crippen LogP contribution is 2.28. The average molecular weight is 306 g/mol. The first-order valence-corrected chi connectivity index (χ1v) is 6.42. The zero-order chi connectivity index (χ0) is 12.7. The highest BCUT2D eigenvalue weighted by Gasteiger charge is 2.15. The van der Waals surface area contributed by atoms with E-state index in [-0.39, 0.29) is 6.04 Å². The van der Waals surface area contributed by atoms with Crippen LogP contribution < -0.4 is 5.73 Å². The number of aromatic nitrogens is 2. The molecule has 2 aromatic heterocycles. The van der Waals surface area contributed by atoms with Crippen LogP contribution in [0.15, 0.2) is 45.4 Å². The molecule has 0 amide bonds. The number of furan rings is 1. The Bertz CT molecular complexity index is 701. The molecule has 0 saturated carbocycles. The quantitative estimate of drug-likeness (QED) is 0.787. The second kappa shape index (κ2) is 4.17. The summed E-state index contributed by atoms with van der Waals surface area (Å²) in [6.45, 7) is 2.01. The Morgan fingerprint density at radius 2 is 2.17 bits per heavy atom. The minimum atomic E-state index is -0.0221. The minimum Gasteiger partial charge on any atom is -0.459 e. The number of benzene rings is 1. The van der Waals surface area contributed by atoms with Crippen LogP contribution in [0.1, 0.15) is 18.7 Å². The van der Waals surface area contributed by atoms with Crippen LogP contribution in [-0.4, -0.2) is 9.78 Å². The maximum atomic E-state index is 5.85. The van der Waals surface area contributed by atoms with Gasteiger partial charge in [-0.3, -0.25) is 0 Å². The zero-order valence-corrected chi connectivity index (χ0v) is 11.4. The van der Waals surface area contributed by atoms with E-state index in [1.54, 1.807) is 16.9 Å². The third kappa shape index (κ3) is 1.80. The van der Waals surface area contributed by atoms with Gasteiger partial charge in [0, 0.05) is 9.86 Å². The molecule has 0 saturated heterocycles. The maximum absolute atomic E-state index is 5.85. The highest BCUT2D eigenvalue weighted by atomic mass is 79.9. The van der Waals surface area contributed by atoms with Gasteiger partial charge in [-0.05, 0) is 37.3 Å². The lowest BCUT2D eigenvalue weighted by Crippen LogP contribution is -2.10. The van der Waals surface area contributed by atoms with Crippen molar-refractivity contribution in [2.24, 2.45) is 0 Å². The number of rotatable bonds is 2. The van der Waals surface area contributed by atoms with Gasteiger partial charge in [-0.15, -0.1) is 0 Å². The fraction of sp³-hybridized carbons (Fsp3) is 0.154. The summed E-state index contributed by atoms with van der Waals surface area (Å²) < 4.78 is 8.60. The summed E-state index contributed by atoms with van der Waals surface area (Å²) in [4.78, 5) is 0. The monoisotopic (exact) mass is 305 g/mol. The van der Waals surface area contributed by atoms with E-state index in [0.29, 0.717) is 5.82 Å². The van der Waals surface area contributed by atoms with Gasteiger partial charge < -0.3 is 10.2 Å². The van der Waals surface area contributed by atoms with Crippen LogP contribution in [0.2, 0.25) is 0 Å². The lowest BCUT2D eigenvalue weighted by atomic mass is 10.2. The molecule has 5 heteroatoms. The van der Waals surface area contributed by atoms with Crippen molar-refractivity contribution in [3.05, 3.63) is 46.8 Å². The molecular weight excluding hydrogens is 294 g/mol. The summed E-state index contributed by atoms with van der Waals surface area (Å²) in [5.41, 5.74) is 6.71. The van der Waals surface area contributed by atoms with Crippen LogP contribution in [0.4, 0.5) is 5.82 Å². The van der Waals surface area contributed by atoms with Crippen molar-refractivity contribution in [2.75, 3.05) is 5.73 Å². The van der Waals surface area contributed by atoms with Crippen molar-refractivity contribution in [3.63, 3.8) is 0 Å². The Labute approximate surface area is 113 Å². The number of nitrogens with zero attached hydrogens (tertiary/aromatic N) is 2. The third-order valence-electron chi connectivity index (χ3n) is 2.98. The molecule has 1 unspecified atom stereocenters. The van der Waals surface area contributed by atoms with E-state index < -0.39 is 0 Å². The third-order valence-corrected chi connectivity index (χ3v) is 3.47. The van der Waals surface area contributed by atoms with Crippen molar-refractivity contribution in [1.82, 2.24) is 9.78 Å². The first-order valence-electron chi connectivity index (χ1n) is 5.63. The molecule has 0 spiro atoms. The Morgan fingerprint density at radius 1 is 1.33 bits per heavy atom. The van der Waals surface area contributed by atoms with Crippen molar-refractivity contribution in [1.29, 1.82) is 0 Å². The van der Waals surface area contributed by atoms with Gasteiger partial charge in [0.15, 0.2) is 0 Å². The van der Waals surface area contributed by atoms with Gasteiger partial charge in [0.2, 0.25) is 0 Å². The van der Waals surface area contributed by atoms with E-state index in [4.69, 9.17) is 10.2 Å². The summed E-state index contributed by atoms with van der Waals surface area (Å²) in [7, 11) is 0. The Morgan fingerprint density at radius 3 is 2.89 bits per heavy atom. The molecule has 18 heavy (non-hydrogen) atoms. The molecule has 1 aromatic carbocycles. The molecule has 2 N–H and O–H groups in total. The van der Waals surface area contributed by atoms with E-state index in [1.807, 2.05) is 31.2 Å². The van der Waals surface area contributed by atoms with Crippen molar-refractivity contribution < 1.29 is 4.42 Å². The molecule has 4 nitrogen and oxygen atoms in total. The van der Waals surface area contributed by atoms with Crippen LogP contribution >= 0.6 is 15.9 Å². The van der Waals surface area contributed by atoms with Gasteiger partial charge in [0.25, 0.3) is 0 Å². The van der Waals surface area contributed by atoms with Crippen molar-refractivity contribution >= 4 is 32.7 Å². The van der Waals surface area contributed by atoms with Gasteiger partial charge >= 0.3 is 0 Å². The highest BCUT2D eigenvalue weighted by molar-refractivity contribution is 9.10. The van der Waals surface area contributed by atoms with Gasteiger partial charge in [0.05, 0.1) is 6.20 Å². The molecule has 2 heterocycles. The number of anilines is 1. The summed E-state index contributed by atoms with van der Waals surface area (Å²) in [6.07, 6.45) is 1.69. The van der Waals surface area contributed by atoms with Gasteiger partial charge in [-0.1, -0.05) is 15.9 Å². The number of fused-ring (bicyclic) bond motifs is 1. The summed E-state index contributed by atoms with van der Waals surface area (Å²) in [5.74, 6) is 1.47. The average Bonchev–Trinajstić information content (AvgIpc) is 2.93. The lowest BCUT2D eigenvalue weighted by Gasteiger charge is -2.10. The van der Waals surface area contributed by atoms with Gasteiger partial charge in [-0.25, -0.2) is 4.68 Å². The molecule has 0 fully saturated rings. The van der Waals surface area contributed by atoms with E-state index in [2.05, 4.69) is 21.0 Å². The van der Waals surface area contributed by atoms with Crippen LogP contribution in [0, 0.1) is 0 Å². The number of halogens is 1. The van der Waals surface area contributed by atoms with Gasteiger partial charge in [-0.2, -0.15) is 5.10 Å². The Hall–Kier alpha value is -1.75. The van der Waals surface area contributed by atoms with E-state index in [0.717, 1.165) is 21.2 Å². The number of hydrogen-bond donors (Lipinski definition) is 1. The smallest absolute Gasteiger partial charge is 0.134 e.